The van der Waals surface area contributed by atoms with Gasteiger partial charge in [0.25, 0.3) is 0 Å². The second-order valence-corrected chi connectivity index (χ2v) is 24.1. The van der Waals surface area contributed by atoms with Crippen molar-refractivity contribution in [1.29, 1.82) is 0 Å². The molecule has 0 radical (unpaired) electrons. The van der Waals surface area contributed by atoms with Crippen molar-refractivity contribution in [2.24, 2.45) is 0 Å². The Morgan fingerprint density at radius 2 is 0.476 bits per heavy atom. The highest BCUT2D eigenvalue weighted by Gasteiger charge is 2.19. The molecular weight excluding hydrogens is 1010 g/mol. The van der Waals surface area contributed by atoms with Gasteiger partial charge < -0.3 is 14.2 Å². The number of ether oxygens (including phenoxy) is 3. The smallest absolute Gasteiger partial charge is 0.306 e. The topological polar surface area (TPSA) is 78.9 Å². The van der Waals surface area contributed by atoms with E-state index in [-0.39, 0.29) is 31.1 Å². The van der Waals surface area contributed by atoms with E-state index in [0.29, 0.717) is 19.3 Å². The predicted octanol–water partition coefficient (Wildman–Crippen LogP) is 24.8. The van der Waals surface area contributed by atoms with Gasteiger partial charge in [0.1, 0.15) is 13.2 Å². The summed E-state index contributed by atoms with van der Waals surface area (Å²) in [5, 5.41) is 0. The van der Waals surface area contributed by atoms with Crippen LogP contribution in [0.5, 0.6) is 0 Å². The first-order chi connectivity index (χ1) is 40.5. The molecule has 0 fully saturated rings. The Kier molecular flexibility index (Phi) is 67.6. The Labute approximate surface area is 510 Å². The van der Waals surface area contributed by atoms with E-state index in [4.69, 9.17) is 14.2 Å². The lowest BCUT2D eigenvalue weighted by molar-refractivity contribution is -0.167. The fourth-order valence-corrected chi connectivity index (χ4v) is 10.6. The lowest BCUT2D eigenvalue weighted by Crippen LogP contribution is -2.30. The number of hydrogen-bond donors (Lipinski definition) is 0. The van der Waals surface area contributed by atoms with E-state index in [1.54, 1.807) is 0 Å². The SMILES string of the molecule is CC/C=C\C/C=C\C/C=C\C/C=C\CCCCCCCCC(=O)OC(COC(=O)CCCCCCCCCCCCCCCCCC)COC(=O)CCCCCCCCCCCCCCCCCCC/C=C\C/C=C\CCCCCCC. The van der Waals surface area contributed by atoms with Crippen molar-refractivity contribution in [1.82, 2.24) is 0 Å². The molecule has 1 atom stereocenters. The molecule has 0 aromatic carbocycles. The predicted molar refractivity (Wildman–Crippen MR) is 358 cm³/mol. The molecule has 0 saturated heterocycles. The number of unbranched alkanes of at least 4 members (excludes halogenated alkanes) is 43. The van der Waals surface area contributed by atoms with Crippen LogP contribution in [0.25, 0.3) is 0 Å². The van der Waals surface area contributed by atoms with E-state index in [9.17, 15) is 14.4 Å². The summed E-state index contributed by atoms with van der Waals surface area (Å²) < 4.78 is 17.0. The van der Waals surface area contributed by atoms with Crippen molar-refractivity contribution >= 4 is 17.9 Å². The summed E-state index contributed by atoms with van der Waals surface area (Å²) in [5.74, 6) is -0.867. The standard InChI is InChI=1S/C76H136O6/c1-4-7-10-13-16-19-22-25-28-31-33-34-35-36-37-38-39-40-41-42-44-45-48-51-54-57-60-63-66-69-75(78)81-72-73(71-80-74(77)68-65-62-59-56-53-50-47-30-27-24-21-18-15-12-9-6-3)82-76(79)70-67-64-61-58-55-52-49-46-43-32-29-26-23-20-17-14-11-8-5-2/h8,11,17,20,22,25-26,29,31,33,43,46,73H,4-7,9-10,12-16,18-19,21,23-24,27-28,30,32,34-42,44-45,47-72H2,1-3H3/b11-8-,20-17-,25-22-,29-26-,33-31-,46-43-. The summed E-state index contributed by atoms with van der Waals surface area (Å²) >= 11 is 0. The molecule has 6 nitrogen and oxygen atoms in total. The zero-order valence-corrected chi connectivity index (χ0v) is 54.8. The van der Waals surface area contributed by atoms with Crippen LogP contribution in [0.3, 0.4) is 0 Å². The molecule has 0 aliphatic carbocycles. The van der Waals surface area contributed by atoms with Gasteiger partial charge in [-0.25, -0.2) is 0 Å². The number of carbonyl (C=O) groups excluding carboxylic acids is 3. The van der Waals surface area contributed by atoms with Crippen molar-refractivity contribution in [2.75, 3.05) is 13.2 Å². The molecule has 0 bridgehead atoms. The maximum absolute atomic E-state index is 13.0. The van der Waals surface area contributed by atoms with Gasteiger partial charge in [0.05, 0.1) is 0 Å². The Morgan fingerprint density at radius 3 is 0.744 bits per heavy atom. The summed E-state index contributed by atoms with van der Waals surface area (Å²) in [6.07, 6.45) is 92.2. The maximum atomic E-state index is 13.0. The molecule has 1 unspecified atom stereocenters. The van der Waals surface area contributed by atoms with Crippen LogP contribution in [0, 0.1) is 0 Å². The zero-order chi connectivity index (χ0) is 59.2. The summed E-state index contributed by atoms with van der Waals surface area (Å²) in [7, 11) is 0. The third kappa shape index (κ3) is 67.6. The summed E-state index contributed by atoms with van der Waals surface area (Å²) in [6.45, 7) is 6.57. The summed E-state index contributed by atoms with van der Waals surface area (Å²) in [6, 6.07) is 0. The third-order valence-corrected chi connectivity index (χ3v) is 15.9. The lowest BCUT2D eigenvalue weighted by atomic mass is 10.0. The van der Waals surface area contributed by atoms with Gasteiger partial charge in [-0.2, -0.15) is 0 Å². The molecule has 0 aromatic rings. The minimum Gasteiger partial charge on any atom is -0.462 e. The molecular formula is C76H136O6. The van der Waals surface area contributed by atoms with Gasteiger partial charge in [0.2, 0.25) is 0 Å². The maximum Gasteiger partial charge on any atom is 0.306 e. The van der Waals surface area contributed by atoms with Crippen LogP contribution < -0.4 is 0 Å². The van der Waals surface area contributed by atoms with E-state index in [0.717, 1.165) is 103 Å². The van der Waals surface area contributed by atoms with E-state index in [2.05, 4.69) is 93.7 Å². The first-order valence-corrected chi connectivity index (χ1v) is 35.9. The van der Waals surface area contributed by atoms with Crippen LogP contribution in [-0.2, 0) is 28.6 Å². The second-order valence-electron chi connectivity index (χ2n) is 24.1. The van der Waals surface area contributed by atoms with Gasteiger partial charge >= 0.3 is 17.9 Å². The first kappa shape index (κ1) is 78.8. The van der Waals surface area contributed by atoms with Crippen LogP contribution in [0.2, 0.25) is 0 Å². The molecule has 6 heteroatoms. The van der Waals surface area contributed by atoms with Crippen molar-refractivity contribution in [3.8, 4) is 0 Å². The Bertz CT molecular complexity index is 1500. The lowest BCUT2D eigenvalue weighted by Gasteiger charge is -2.18. The van der Waals surface area contributed by atoms with Crippen LogP contribution in [0.15, 0.2) is 72.9 Å². The molecule has 0 aliphatic heterocycles. The monoisotopic (exact) mass is 1150 g/mol. The third-order valence-electron chi connectivity index (χ3n) is 15.9. The van der Waals surface area contributed by atoms with Gasteiger partial charge in [-0.1, -0.05) is 338 Å². The normalized spacial score (nSPS) is 12.5. The van der Waals surface area contributed by atoms with Crippen molar-refractivity contribution in [2.45, 2.75) is 380 Å². The molecule has 0 aromatic heterocycles. The van der Waals surface area contributed by atoms with Crippen LogP contribution >= 0.6 is 0 Å². The highest BCUT2D eigenvalue weighted by atomic mass is 16.6. The minimum atomic E-state index is -0.783. The van der Waals surface area contributed by atoms with Crippen molar-refractivity contribution < 1.29 is 28.6 Å². The molecule has 82 heavy (non-hydrogen) atoms. The fraction of sp³-hybridized carbons (Fsp3) is 0.803. The first-order valence-electron chi connectivity index (χ1n) is 35.9. The minimum absolute atomic E-state index is 0.0766. The Morgan fingerprint density at radius 1 is 0.256 bits per heavy atom. The van der Waals surface area contributed by atoms with Crippen LogP contribution in [-0.4, -0.2) is 37.2 Å². The largest absolute Gasteiger partial charge is 0.462 e. The number of hydrogen-bond acceptors (Lipinski definition) is 6. The average molecular weight is 1150 g/mol. The number of carbonyl (C=O) groups is 3. The fourth-order valence-electron chi connectivity index (χ4n) is 10.6. The molecule has 476 valence electrons. The second kappa shape index (κ2) is 70.3. The summed E-state index contributed by atoms with van der Waals surface area (Å²) in [5.41, 5.74) is 0. The van der Waals surface area contributed by atoms with E-state index in [1.807, 2.05) is 0 Å². The van der Waals surface area contributed by atoms with Gasteiger partial charge in [0, 0.05) is 19.3 Å². The number of rotatable bonds is 66. The Hall–Kier alpha value is -3.15. The van der Waals surface area contributed by atoms with Crippen LogP contribution in [0.4, 0.5) is 0 Å². The molecule has 0 rings (SSSR count). The Balaban J connectivity index is 4.26. The van der Waals surface area contributed by atoms with Gasteiger partial charge in [-0.3, -0.25) is 14.4 Å². The van der Waals surface area contributed by atoms with Crippen LogP contribution in [0.1, 0.15) is 374 Å². The van der Waals surface area contributed by atoms with Crippen molar-refractivity contribution in [3.05, 3.63) is 72.9 Å². The number of allylic oxidation sites excluding steroid dienone is 12. The molecule has 0 N–H and O–H groups in total. The van der Waals surface area contributed by atoms with E-state index >= 15 is 0 Å². The molecule has 0 saturated carbocycles. The van der Waals surface area contributed by atoms with Gasteiger partial charge in [-0.15, -0.1) is 0 Å². The quantitative estimate of drug-likeness (QED) is 0.0261. The average Bonchev–Trinajstić information content (AvgIpc) is 3.47. The number of esters is 3. The molecule has 0 heterocycles. The highest BCUT2D eigenvalue weighted by molar-refractivity contribution is 5.71. The van der Waals surface area contributed by atoms with Gasteiger partial charge in [0.15, 0.2) is 6.10 Å². The molecule has 0 aliphatic rings. The van der Waals surface area contributed by atoms with Crippen molar-refractivity contribution in [3.63, 3.8) is 0 Å². The highest BCUT2D eigenvalue weighted by Crippen LogP contribution is 2.18. The van der Waals surface area contributed by atoms with E-state index in [1.165, 1.54) is 231 Å². The zero-order valence-electron chi connectivity index (χ0n) is 54.8. The van der Waals surface area contributed by atoms with Gasteiger partial charge in [-0.05, 0) is 89.9 Å². The molecule has 0 spiro atoms. The summed E-state index contributed by atoms with van der Waals surface area (Å²) in [4.78, 5) is 38.5. The molecule has 0 amide bonds. The van der Waals surface area contributed by atoms with E-state index < -0.39 is 6.10 Å².